The largest absolute Gasteiger partial charge is 0.495 e. The number of carbonyl (C=O) groups excluding carboxylic acids is 2. The standard InChI is InChI=1S/C20H23ClN2O3/c1-13-5-7-17(14(2)11-13)22-20(25)9-10-23(15(3)24)18-12-16(21)6-8-19(18)26-4/h5-8,11-12H,9-10H2,1-4H3,(H,22,25). The van der Waals surface area contributed by atoms with Gasteiger partial charge < -0.3 is 15.0 Å². The molecule has 0 aromatic heterocycles. The fourth-order valence-corrected chi connectivity index (χ4v) is 2.87. The average Bonchev–Trinajstić information content (AvgIpc) is 2.57. The highest BCUT2D eigenvalue weighted by Gasteiger charge is 2.18. The van der Waals surface area contributed by atoms with Gasteiger partial charge in [0.1, 0.15) is 5.75 Å². The van der Waals surface area contributed by atoms with Gasteiger partial charge in [-0.05, 0) is 43.7 Å². The van der Waals surface area contributed by atoms with Crippen LogP contribution in [-0.4, -0.2) is 25.5 Å². The molecule has 0 radical (unpaired) electrons. The van der Waals surface area contributed by atoms with Crippen LogP contribution in [0.3, 0.4) is 0 Å². The van der Waals surface area contributed by atoms with Gasteiger partial charge in [-0.1, -0.05) is 29.3 Å². The topological polar surface area (TPSA) is 58.6 Å². The van der Waals surface area contributed by atoms with E-state index in [0.717, 1.165) is 16.8 Å². The van der Waals surface area contributed by atoms with Crippen LogP contribution < -0.4 is 15.0 Å². The number of hydrogen-bond donors (Lipinski definition) is 1. The van der Waals surface area contributed by atoms with E-state index in [4.69, 9.17) is 16.3 Å². The van der Waals surface area contributed by atoms with E-state index in [1.807, 2.05) is 32.0 Å². The van der Waals surface area contributed by atoms with E-state index >= 15 is 0 Å². The van der Waals surface area contributed by atoms with Crippen LogP contribution in [0.5, 0.6) is 5.75 Å². The fraction of sp³-hybridized carbons (Fsp3) is 0.300. The summed E-state index contributed by atoms with van der Waals surface area (Å²) in [5, 5.41) is 3.38. The summed E-state index contributed by atoms with van der Waals surface area (Å²) in [5.74, 6) is 0.175. The van der Waals surface area contributed by atoms with Gasteiger partial charge in [-0.2, -0.15) is 0 Å². The zero-order chi connectivity index (χ0) is 19.3. The number of carbonyl (C=O) groups is 2. The molecule has 0 bridgehead atoms. The molecule has 0 saturated heterocycles. The second kappa shape index (κ2) is 8.72. The van der Waals surface area contributed by atoms with Crippen molar-refractivity contribution in [2.24, 2.45) is 0 Å². The van der Waals surface area contributed by atoms with Gasteiger partial charge in [0.25, 0.3) is 0 Å². The van der Waals surface area contributed by atoms with Crippen LogP contribution in [0.1, 0.15) is 24.5 Å². The average molecular weight is 375 g/mol. The van der Waals surface area contributed by atoms with Crippen LogP contribution >= 0.6 is 11.6 Å². The Morgan fingerprint density at radius 1 is 1.15 bits per heavy atom. The molecule has 0 saturated carbocycles. The van der Waals surface area contributed by atoms with Crippen molar-refractivity contribution in [1.82, 2.24) is 0 Å². The van der Waals surface area contributed by atoms with Crippen LogP contribution in [0.15, 0.2) is 36.4 Å². The van der Waals surface area contributed by atoms with E-state index in [0.29, 0.717) is 16.5 Å². The van der Waals surface area contributed by atoms with E-state index < -0.39 is 0 Å². The van der Waals surface area contributed by atoms with Crippen molar-refractivity contribution in [3.63, 3.8) is 0 Å². The lowest BCUT2D eigenvalue weighted by Crippen LogP contribution is -2.32. The summed E-state index contributed by atoms with van der Waals surface area (Å²) in [6.07, 6.45) is 0.155. The minimum Gasteiger partial charge on any atom is -0.495 e. The van der Waals surface area contributed by atoms with Crippen molar-refractivity contribution in [1.29, 1.82) is 0 Å². The Morgan fingerprint density at radius 3 is 2.50 bits per heavy atom. The maximum Gasteiger partial charge on any atom is 0.226 e. The first kappa shape index (κ1) is 19.8. The van der Waals surface area contributed by atoms with Gasteiger partial charge in [-0.3, -0.25) is 9.59 Å². The smallest absolute Gasteiger partial charge is 0.226 e. The quantitative estimate of drug-likeness (QED) is 0.817. The number of aryl methyl sites for hydroxylation is 2. The molecule has 0 unspecified atom stereocenters. The normalized spacial score (nSPS) is 10.3. The number of nitrogens with one attached hydrogen (secondary N) is 1. The van der Waals surface area contributed by atoms with E-state index in [2.05, 4.69) is 5.32 Å². The molecule has 0 aliphatic rings. The highest BCUT2D eigenvalue weighted by molar-refractivity contribution is 6.31. The van der Waals surface area contributed by atoms with Crippen LogP contribution in [0.4, 0.5) is 11.4 Å². The molecule has 6 heteroatoms. The van der Waals surface area contributed by atoms with Crippen molar-refractivity contribution in [3.05, 3.63) is 52.5 Å². The molecule has 2 rings (SSSR count). The van der Waals surface area contributed by atoms with Crippen LogP contribution in [0, 0.1) is 13.8 Å². The lowest BCUT2D eigenvalue weighted by Gasteiger charge is -2.23. The van der Waals surface area contributed by atoms with Crippen molar-refractivity contribution >= 4 is 34.8 Å². The Kier molecular flexibility index (Phi) is 6.64. The number of rotatable bonds is 6. The molecule has 0 heterocycles. The van der Waals surface area contributed by atoms with Gasteiger partial charge in [0.2, 0.25) is 11.8 Å². The SMILES string of the molecule is COc1ccc(Cl)cc1N(CCC(=O)Nc1ccc(C)cc1C)C(C)=O. The molecule has 0 aliphatic carbocycles. The lowest BCUT2D eigenvalue weighted by molar-refractivity contribution is -0.117. The molecule has 5 nitrogen and oxygen atoms in total. The third-order valence-corrected chi connectivity index (χ3v) is 4.27. The maximum atomic E-state index is 12.3. The maximum absolute atomic E-state index is 12.3. The molecule has 0 aliphatic heterocycles. The number of hydrogen-bond acceptors (Lipinski definition) is 3. The van der Waals surface area contributed by atoms with Gasteiger partial charge >= 0.3 is 0 Å². The van der Waals surface area contributed by atoms with Crippen LogP contribution in [0.25, 0.3) is 0 Å². The first-order valence-electron chi connectivity index (χ1n) is 8.30. The van der Waals surface area contributed by atoms with Gasteiger partial charge in [0, 0.05) is 30.6 Å². The summed E-state index contributed by atoms with van der Waals surface area (Å²) in [4.78, 5) is 25.9. The molecular weight excluding hydrogens is 352 g/mol. The van der Waals surface area contributed by atoms with E-state index in [1.54, 1.807) is 18.2 Å². The monoisotopic (exact) mass is 374 g/mol. The number of methoxy groups -OCH3 is 1. The number of anilines is 2. The van der Waals surface area contributed by atoms with E-state index in [-0.39, 0.29) is 24.8 Å². The molecule has 0 fully saturated rings. The Morgan fingerprint density at radius 2 is 1.88 bits per heavy atom. The van der Waals surface area contributed by atoms with Crippen molar-refractivity contribution < 1.29 is 14.3 Å². The Labute approximate surface area is 158 Å². The predicted octanol–water partition coefficient (Wildman–Crippen LogP) is 4.35. The fourth-order valence-electron chi connectivity index (χ4n) is 2.70. The third-order valence-electron chi connectivity index (χ3n) is 4.03. The van der Waals surface area contributed by atoms with Gasteiger partial charge in [0.15, 0.2) is 0 Å². The minimum atomic E-state index is -0.190. The number of amides is 2. The molecule has 2 amide bonds. The summed E-state index contributed by atoms with van der Waals surface area (Å²) < 4.78 is 5.31. The molecular formula is C20H23ClN2O3. The summed E-state index contributed by atoms with van der Waals surface area (Å²) >= 11 is 6.05. The number of halogens is 1. The van der Waals surface area contributed by atoms with E-state index in [1.165, 1.54) is 18.9 Å². The number of benzene rings is 2. The molecule has 2 aromatic carbocycles. The van der Waals surface area contributed by atoms with Gasteiger partial charge in [0.05, 0.1) is 12.8 Å². The Hall–Kier alpha value is -2.53. The molecule has 138 valence electrons. The van der Waals surface area contributed by atoms with Gasteiger partial charge in [-0.15, -0.1) is 0 Å². The highest BCUT2D eigenvalue weighted by Crippen LogP contribution is 2.31. The lowest BCUT2D eigenvalue weighted by atomic mass is 10.1. The summed E-state index contributed by atoms with van der Waals surface area (Å²) in [6.45, 7) is 5.62. The second-order valence-corrected chi connectivity index (χ2v) is 6.54. The van der Waals surface area contributed by atoms with Crippen molar-refractivity contribution in [2.75, 3.05) is 23.9 Å². The predicted molar refractivity (Wildman–Crippen MR) is 105 cm³/mol. The summed E-state index contributed by atoms with van der Waals surface area (Å²) in [7, 11) is 1.53. The summed E-state index contributed by atoms with van der Waals surface area (Å²) in [6, 6.07) is 10.9. The molecule has 1 N–H and O–H groups in total. The van der Waals surface area contributed by atoms with Crippen molar-refractivity contribution in [3.8, 4) is 5.75 Å². The van der Waals surface area contributed by atoms with Crippen LogP contribution in [-0.2, 0) is 9.59 Å². The van der Waals surface area contributed by atoms with Crippen molar-refractivity contribution in [2.45, 2.75) is 27.2 Å². The third kappa shape index (κ3) is 4.99. The summed E-state index contributed by atoms with van der Waals surface area (Å²) in [5.41, 5.74) is 3.46. The molecule has 26 heavy (non-hydrogen) atoms. The second-order valence-electron chi connectivity index (χ2n) is 6.10. The molecule has 0 spiro atoms. The highest BCUT2D eigenvalue weighted by atomic mass is 35.5. The first-order valence-corrected chi connectivity index (χ1v) is 8.68. The zero-order valence-electron chi connectivity index (χ0n) is 15.4. The molecule has 0 atom stereocenters. The van der Waals surface area contributed by atoms with Gasteiger partial charge in [-0.25, -0.2) is 0 Å². The minimum absolute atomic E-state index is 0.155. The molecule has 2 aromatic rings. The zero-order valence-corrected chi connectivity index (χ0v) is 16.2. The number of nitrogens with zero attached hydrogens (tertiary/aromatic N) is 1. The number of ether oxygens (including phenoxy) is 1. The Balaban J connectivity index is 2.10. The van der Waals surface area contributed by atoms with E-state index in [9.17, 15) is 9.59 Å². The van der Waals surface area contributed by atoms with Crippen LogP contribution in [0.2, 0.25) is 5.02 Å². The first-order chi connectivity index (χ1) is 12.3. The Bertz CT molecular complexity index is 821.